The molecule has 0 unspecified atom stereocenters. The zero-order chi connectivity index (χ0) is 15.8. The molecule has 0 aliphatic heterocycles. The van der Waals surface area contributed by atoms with Gasteiger partial charge in [-0.3, -0.25) is 4.79 Å². The molecule has 3 aliphatic carbocycles. The van der Waals surface area contributed by atoms with Crippen LogP contribution in [0.25, 0.3) is 0 Å². The molecule has 3 rings (SSSR count). The highest BCUT2D eigenvalue weighted by Crippen LogP contribution is 2.46. The van der Waals surface area contributed by atoms with Gasteiger partial charge < -0.3 is 4.74 Å². The van der Waals surface area contributed by atoms with Crippen LogP contribution in [-0.2, 0) is 19.6 Å². The van der Waals surface area contributed by atoms with E-state index in [9.17, 15) is 13.2 Å². The summed E-state index contributed by atoms with van der Waals surface area (Å²) in [6.45, 7) is 7.15. The summed E-state index contributed by atoms with van der Waals surface area (Å²) < 4.78 is 32.1. The molecule has 3 fully saturated rings. The minimum Gasteiger partial charge on any atom is -0.466 e. The lowest BCUT2D eigenvalue weighted by atomic mass is 9.62. The van der Waals surface area contributed by atoms with Gasteiger partial charge in [-0.1, -0.05) is 0 Å². The molecule has 1 N–H and O–H groups in total. The number of esters is 1. The Balaban J connectivity index is 2.24. The summed E-state index contributed by atoms with van der Waals surface area (Å²) in [5.41, 5.74) is 0. The lowest BCUT2D eigenvalue weighted by Gasteiger charge is -2.47. The monoisotopic (exact) mass is 317 g/mol. The second kappa shape index (κ2) is 5.88. The molecule has 122 valence electrons. The zero-order valence-corrected chi connectivity index (χ0v) is 14.2. The predicted molar refractivity (Wildman–Crippen MR) is 81.2 cm³/mol. The fourth-order valence-electron chi connectivity index (χ4n) is 3.55. The molecule has 0 aromatic rings. The molecule has 6 heteroatoms. The van der Waals surface area contributed by atoms with Gasteiger partial charge in [0.1, 0.15) is 0 Å². The van der Waals surface area contributed by atoms with Crippen LogP contribution in [-0.4, -0.2) is 31.8 Å². The van der Waals surface area contributed by atoms with E-state index in [1.165, 1.54) is 0 Å². The molecular weight excluding hydrogens is 290 g/mol. The normalized spacial score (nSPS) is 33.0. The minimum atomic E-state index is -3.46. The average Bonchev–Trinajstić information content (AvgIpc) is 2.38. The van der Waals surface area contributed by atoms with Crippen molar-refractivity contribution in [3.63, 3.8) is 0 Å². The van der Waals surface area contributed by atoms with Gasteiger partial charge in [-0.25, -0.2) is 13.1 Å². The second-order valence-electron chi connectivity index (χ2n) is 7.21. The molecule has 2 atom stereocenters. The second-order valence-corrected chi connectivity index (χ2v) is 9.68. The van der Waals surface area contributed by atoms with Gasteiger partial charge in [0.05, 0.1) is 17.3 Å². The molecule has 0 radical (unpaired) electrons. The van der Waals surface area contributed by atoms with Crippen molar-refractivity contribution in [2.24, 2.45) is 17.8 Å². The molecular formula is C15H27NO4S. The summed E-state index contributed by atoms with van der Waals surface area (Å²) in [5.74, 6) is -0.0636. The van der Waals surface area contributed by atoms with Gasteiger partial charge in [-0.2, -0.15) is 0 Å². The summed E-state index contributed by atoms with van der Waals surface area (Å²) in [7, 11) is -3.46. The number of fused-ring (bicyclic) bond motifs is 3. The van der Waals surface area contributed by atoms with Gasteiger partial charge in [-0.05, 0) is 65.2 Å². The Bertz CT molecular complexity index is 486. The summed E-state index contributed by atoms with van der Waals surface area (Å²) in [4.78, 5) is 12.3. The van der Waals surface area contributed by atoms with E-state index in [0.29, 0.717) is 6.61 Å². The van der Waals surface area contributed by atoms with Crippen LogP contribution in [0.4, 0.5) is 0 Å². The number of hydrogen-bond acceptors (Lipinski definition) is 4. The third kappa shape index (κ3) is 3.26. The minimum absolute atomic E-state index is 0.242. The molecule has 5 nitrogen and oxygen atoms in total. The van der Waals surface area contributed by atoms with E-state index in [2.05, 4.69) is 4.72 Å². The van der Waals surface area contributed by atoms with E-state index in [4.69, 9.17) is 4.74 Å². The lowest BCUT2D eigenvalue weighted by Crippen LogP contribution is -2.58. The fraction of sp³-hybridized carbons (Fsp3) is 0.933. The standard InChI is InChI=1S/C15H27NO4S/c1-5-20-14(17)12-10-6-8-11(9-7-10)13(12)16-21(18,19)15(2,3)4/h10-13,16H,5-9H2,1-4H3/t10?,11?,12-,13+/m1/s1. The Morgan fingerprint density at radius 3 is 2.14 bits per heavy atom. The van der Waals surface area contributed by atoms with Crippen LogP contribution in [0, 0.1) is 17.8 Å². The quantitative estimate of drug-likeness (QED) is 0.806. The highest BCUT2D eigenvalue weighted by Gasteiger charge is 2.50. The van der Waals surface area contributed by atoms with Crippen LogP contribution >= 0.6 is 0 Å². The van der Waals surface area contributed by atoms with E-state index in [-0.39, 0.29) is 29.8 Å². The van der Waals surface area contributed by atoms with E-state index >= 15 is 0 Å². The summed E-state index contributed by atoms with van der Waals surface area (Å²) in [6.07, 6.45) is 4.00. The molecule has 0 amide bonds. The number of ether oxygens (including phenoxy) is 1. The molecule has 2 bridgehead atoms. The lowest BCUT2D eigenvalue weighted by molar-refractivity contribution is -0.155. The number of carbonyl (C=O) groups is 1. The van der Waals surface area contributed by atoms with Gasteiger partial charge in [0.2, 0.25) is 10.0 Å². The Labute approximate surface area is 127 Å². The van der Waals surface area contributed by atoms with Crippen LogP contribution in [0.5, 0.6) is 0 Å². The summed E-state index contributed by atoms with van der Waals surface area (Å²) >= 11 is 0. The van der Waals surface area contributed by atoms with Crippen LogP contribution in [0.2, 0.25) is 0 Å². The van der Waals surface area contributed by atoms with Gasteiger partial charge >= 0.3 is 5.97 Å². The van der Waals surface area contributed by atoms with Gasteiger partial charge in [0.25, 0.3) is 0 Å². The average molecular weight is 317 g/mol. The Kier molecular flexibility index (Phi) is 4.69. The van der Waals surface area contributed by atoms with E-state index in [1.807, 2.05) is 0 Å². The highest BCUT2D eigenvalue weighted by molar-refractivity contribution is 7.90. The van der Waals surface area contributed by atoms with Crippen molar-refractivity contribution >= 4 is 16.0 Å². The Morgan fingerprint density at radius 1 is 1.14 bits per heavy atom. The first-order valence-electron chi connectivity index (χ1n) is 7.86. The smallest absolute Gasteiger partial charge is 0.310 e. The molecule has 0 saturated heterocycles. The van der Waals surface area contributed by atoms with E-state index in [1.54, 1.807) is 27.7 Å². The van der Waals surface area contributed by atoms with Crippen molar-refractivity contribution in [1.82, 2.24) is 4.72 Å². The molecule has 0 spiro atoms. The summed E-state index contributed by atoms with van der Waals surface area (Å²) in [6, 6.07) is -0.305. The molecule has 0 aromatic carbocycles. The van der Waals surface area contributed by atoms with Crippen LogP contribution < -0.4 is 4.72 Å². The Hall–Kier alpha value is -0.620. The maximum Gasteiger partial charge on any atom is 0.310 e. The van der Waals surface area contributed by atoms with Gasteiger partial charge in [0, 0.05) is 6.04 Å². The van der Waals surface area contributed by atoms with Crippen molar-refractivity contribution in [2.75, 3.05) is 6.61 Å². The van der Waals surface area contributed by atoms with Crippen LogP contribution in [0.15, 0.2) is 0 Å². The van der Waals surface area contributed by atoms with Crippen molar-refractivity contribution in [2.45, 2.75) is 64.2 Å². The Morgan fingerprint density at radius 2 is 1.67 bits per heavy atom. The topological polar surface area (TPSA) is 72.5 Å². The van der Waals surface area contributed by atoms with Crippen LogP contribution in [0.1, 0.15) is 53.4 Å². The number of rotatable bonds is 4. The maximum absolute atomic E-state index is 12.5. The number of sulfonamides is 1. The SMILES string of the molecule is CCOC(=O)[C@@H]1C2CCC(CC2)[C@@H]1NS(=O)(=O)C(C)(C)C. The van der Waals surface area contributed by atoms with Crippen molar-refractivity contribution < 1.29 is 17.9 Å². The van der Waals surface area contributed by atoms with E-state index < -0.39 is 14.8 Å². The highest BCUT2D eigenvalue weighted by atomic mass is 32.2. The largest absolute Gasteiger partial charge is 0.466 e. The summed E-state index contributed by atoms with van der Waals surface area (Å²) in [5, 5.41) is 0. The maximum atomic E-state index is 12.5. The first-order valence-corrected chi connectivity index (χ1v) is 9.34. The van der Waals surface area contributed by atoms with E-state index in [0.717, 1.165) is 25.7 Å². The number of carbonyl (C=O) groups excluding carboxylic acids is 1. The molecule has 3 saturated carbocycles. The fourth-order valence-corrected chi connectivity index (χ4v) is 4.60. The van der Waals surface area contributed by atoms with Crippen LogP contribution in [0.3, 0.4) is 0 Å². The van der Waals surface area contributed by atoms with Gasteiger partial charge in [-0.15, -0.1) is 0 Å². The molecule has 21 heavy (non-hydrogen) atoms. The van der Waals surface area contributed by atoms with Crippen molar-refractivity contribution in [1.29, 1.82) is 0 Å². The third-order valence-electron chi connectivity index (χ3n) is 4.88. The first kappa shape index (κ1) is 16.7. The molecule has 0 aromatic heterocycles. The van der Waals surface area contributed by atoms with Crippen molar-refractivity contribution in [3.8, 4) is 0 Å². The predicted octanol–water partition coefficient (Wildman–Crippen LogP) is 2.07. The van der Waals surface area contributed by atoms with Gasteiger partial charge in [0.15, 0.2) is 0 Å². The first-order chi connectivity index (χ1) is 9.67. The molecule has 3 aliphatic rings. The van der Waals surface area contributed by atoms with Crippen molar-refractivity contribution in [3.05, 3.63) is 0 Å². The molecule has 0 heterocycles. The third-order valence-corrected chi connectivity index (χ3v) is 7.07. The number of hydrogen-bond donors (Lipinski definition) is 1. The zero-order valence-electron chi connectivity index (χ0n) is 13.4. The number of nitrogens with one attached hydrogen (secondary N) is 1.